The highest BCUT2D eigenvalue weighted by molar-refractivity contribution is 5.64. The standard InChI is InChI=1S/C11H11F3O4/c1-2-3-4-5-6(12)7(13)8(14)9(15)10(5)18-11(16)17/h15H,2-4H2,1H3,(H,16,17). The Kier molecular flexibility index (Phi) is 4.41. The van der Waals surface area contributed by atoms with Crippen molar-refractivity contribution in [3.05, 3.63) is 23.0 Å². The van der Waals surface area contributed by atoms with Crippen LogP contribution in [0.15, 0.2) is 0 Å². The first kappa shape index (κ1) is 14.1. The van der Waals surface area contributed by atoms with Crippen molar-refractivity contribution >= 4 is 6.16 Å². The van der Waals surface area contributed by atoms with Crippen LogP contribution in [0.4, 0.5) is 18.0 Å². The Bertz CT molecular complexity index is 474. The molecule has 0 aliphatic rings. The van der Waals surface area contributed by atoms with Gasteiger partial charge in [0.25, 0.3) is 0 Å². The van der Waals surface area contributed by atoms with Gasteiger partial charge < -0.3 is 14.9 Å². The zero-order chi connectivity index (χ0) is 13.9. The van der Waals surface area contributed by atoms with Crippen molar-refractivity contribution in [2.45, 2.75) is 26.2 Å². The van der Waals surface area contributed by atoms with Gasteiger partial charge in [-0.15, -0.1) is 0 Å². The van der Waals surface area contributed by atoms with Crippen LogP contribution in [-0.4, -0.2) is 16.4 Å². The van der Waals surface area contributed by atoms with Gasteiger partial charge >= 0.3 is 6.16 Å². The molecule has 4 nitrogen and oxygen atoms in total. The predicted molar refractivity (Wildman–Crippen MR) is 55.2 cm³/mol. The zero-order valence-electron chi connectivity index (χ0n) is 9.47. The highest BCUT2D eigenvalue weighted by Gasteiger charge is 2.27. The number of benzene rings is 1. The van der Waals surface area contributed by atoms with Crippen LogP contribution in [0.1, 0.15) is 25.3 Å². The smallest absolute Gasteiger partial charge is 0.502 e. The molecular weight excluding hydrogens is 253 g/mol. The summed E-state index contributed by atoms with van der Waals surface area (Å²) in [4.78, 5) is 10.4. The maximum atomic E-state index is 13.5. The third-order valence-corrected chi connectivity index (χ3v) is 2.32. The second-order valence-electron chi connectivity index (χ2n) is 3.57. The van der Waals surface area contributed by atoms with E-state index >= 15 is 0 Å². The van der Waals surface area contributed by atoms with Crippen LogP contribution in [0, 0.1) is 17.5 Å². The van der Waals surface area contributed by atoms with Crippen LogP contribution in [0.3, 0.4) is 0 Å². The molecule has 0 aliphatic heterocycles. The van der Waals surface area contributed by atoms with Crippen molar-refractivity contribution in [2.75, 3.05) is 0 Å². The van der Waals surface area contributed by atoms with Gasteiger partial charge in [-0.1, -0.05) is 13.3 Å². The Morgan fingerprint density at radius 2 is 1.83 bits per heavy atom. The molecule has 0 spiro atoms. The Labute approximate surface area is 101 Å². The first-order valence-electron chi connectivity index (χ1n) is 5.19. The van der Waals surface area contributed by atoms with E-state index in [0.29, 0.717) is 12.8 Å². The van der Waals surface area contributed by atoms with Crippen LogP contribution in [0.5, 0.6) is 11.5 Å². The number of carbonyl (C=O) groups is 1. The molecule has 0 unspecified atom stereocenters. The Morgan fingerprint density at radius 3 is 2.33 bits per heavy atom. The first-order valence-corrected chi connectivity index (χ1v) is 5.19. The number of phenols is 1. The molecule has 0 atom stereocenters. The number of hydrogen-bond acceptors (Lipinski definition) is 3. The fraction of sp³-hybridized carbons (Fsp3) is 0.364. The van der Waals surface area contributed by atoms with Crippen LogP contribution in [-0.2, 0) is 6.42 Å². The number of unbranched alkanes of at least 4 members (excludes halogenated alkanes) is 1. The number of halogens is 3. The molecule has 0 radical (unpaired) electrons. The summed E-state index contributed by atoms with van der Waals surface area (Å²) in [6.07, 6.45) is -0.910. The summed E-state index contributed by atoms with van der Waals surface area (Å²) in [5.74, 6) is -7.51. The van der Waals surface area contributed by atoms with Crippen molar-refractivity contribution in [2.24, 2.45) is 0 Å². The van der Waals surface area contributed by atoms with Gasteiger partial charge in [-0.3, -0.25) is 0 Å². The lowest BCUT2D eigenvalue weighted by molar-refractivity contribution is 0.141. The highest BCUT2D eigenvalue weighted by Crippen LogP contribution is 2.38. The third-order valence-electron chi connectivity index (χ3n) is 2.32. The monoisotopic (exact) mass is 264 g/mol. The number of aromatic hydroxyl groups is 1. The lowest BCUT2D eigenvalue weighted by atomic mass is 10.1. The molecule has 0 bridgehead atoms. The largest absolute Gasteiger partial charge is 0.511 e. The minimum Gasteiger partial charge on any atom is -0.502 e. The van der Waals surface area contributed by atoms with Gasteiger partial charge in [-0.25, -0.2) is 13.6 Å². The molecule has 1 rings (SSSR count). The van der Waals surface area contributed by atoms with Gasteiger partial charge in [0.15, 0.2) is 23.1 Å². The molecular formula is C11H11F3O4. The average Bonchev–Trinajstić information content (AvgIpc) is 2.32. The molecule has 7 heteroatoms. The van der Waals surface area contributed by atoms with Gasteiger partial charge in [0.1, 0.15) is 0 Å². The predicted octanol–water partition coefficient (Wildman–Crippen LogP) is 3.21. The van der Waals surface area contributed by atoms with Crippen LogP contribution in [0.2, 0.25) is 0 Å². The summed E-state index contributed by atoms with van der Waals surface area (Å²) in [5, 5.41) is 17.7. The fourth-order valence-electron chi connectivity index (χ4n) is 1.45. The molecule has 1 aromatic rings. The van der Waals surface area contributed by atoms with E-state index in [-0.39, 0.29) is 6.42 Å². The lowest BCUT2D eigenvalue weighted by Crippen LogP contribution is -2.09. The van der Waals surface area contributed by atoms with Crippen molar-refractivity contribution in [3.8, 4) is 11.5 Å². The molecule has 0 saturated heterocycles. The second-order valence-corrected chi connectivity index (χ2v) is 3.57. The van der Waals surface area contributed by atoms with E-state index in [1.807, 2.05) is 0 Å². The summed E-state index contributed by atoms with van der Waals surface area (Å²) in [6.45, 7) is 1.77. The molecule has 0 saturated carbocycles. The summed E-state index contributed by atoms with van der Waals surface area (Å²) >= 11 is 0. The zero-order valence-corrected chi connectivity index (χ0v) is 9.47. The fourth-order valence-corrected chi connectivity index (χ4v) is 1.45. The maximum absolute atomic E-state index is 13.5. The van der Waals surface area contributed by atoms with Gasteiger partial charge in [-0.2, -0.15) is 4.39 Å². The molecule has 18 heavy (non-hydrogen) atoms. The molecule has 0 heterocycles. The third kappa shape index (κ3) is 2.66. The number of hydrogen-bond donors (Lipinski definition) is 2. The van der Waals surface area contributed by atoms with Crippen molar-refractivity contribution in [1.29, 1.82) is 0 Å². The van der Waals surface area contributed by atoms with Gasteiger partial charge in [0.2, 0.25) is 5.82 Å². The lowest BCUT2D eigenvalue weighted by Gasteiger charge is -2.12. The number of rotatable bonds is 4. The van der Waals surface area contributed by atoms with E-state index in [1.165, 1.54) is 0 Å². The quantitative estimate of drug-likeness (QED) is 0.498. The summed E-state index contributed by atoms with van der Waals surface area (Å²) in [7, 11) is 0. The van der Waals surface area contributed by atoms with Crippen molar-refractivity contribution in [1.82, 2.24) is 0 Å². The maximum Gasteiger partial charge on any atom is 0.511 e. The number of phenolic OH excluding ortho intramolecular Hbond substituents is 1. The topological polar surface area (TPSA) is 66.8 Å². The number of ether oxygens (including phenoxy) is 1. The molecule has 100 valence electrons. The summed E-state index contributed by atoms with van der Waals surface area (Å²) in [6, 6.07) is 0. The van der Waals surface area contributed by atoms with E-state index in [9.17, 15) is 23.1 Å². The number of carboxylic acid groups (broad SMARTS) is 1. The van der Waals surface area contributed by atoms with E-state index in [0.717, 1.165) is 0 Å². The second kappa shape index (κ2) is 5.61. The van der Waals surface area contributed by atoms with Crippen LogP contribution in [0.25, 0.3) is 0 Å². The SMILES string of the molecule is CCCCc1c(F)c(F)c(F)c(O)c1OC(=O)O. The molecule has 2 N–H and O–H groups in total. The van der Waals surface area contributed by atoms with E-state index in [1.54, 1.807) is 6.92 Å². The Morgan fingerprint density at radius 1 is 1.22 bits per heavy atom. The van der Waals surface area contributed by atoms with Gasteiger partial charge in [0, 0.05) is 5.56 Å². The van der Waals surface area contributed by atoms with Crippen LogP contribution < -0.4 is 4.74 Å². The minimum absolute atomic E-state index is 0.0737. The van der Waals surface area contributed by atoms with Gasteiger partial charge in [-0.05, 0) is 12.8 Å². The minimum atomic E-state index is -1.87. The van der Waals surface area contributed by atoms with E-state index < -0.39 is 40.7 Å². The van der Waals surface area contributed by atoms with Crippen LogP contribution >= 0.6 is 0 Å². The average molecular weight is 264 g/mol. The van der Waals surface area contributed by atoms with Gasteiger partial charge in [0.05, 0.1) is 0 Å². The molecule has 0 aromatic heterocycles. The Balaban J connectivity index is 3.38. The molecule has 1 aromatic carbocycles. The Hall–Kier alpha value is -1.92. The van der Waals surface area contributed by atoms with E-state index in [4.69, 9.17) is 5.11 Å². The first-order chi connectivity index (χ1) is 8.40. The highest BCUT2D eigenvalue weighted by atomic mass is 19.2. The summed E-state index contributed by atoms with van der Waals surface area (Å²) in [5.41, 5.74) is -0.490. The van der Waals surface area contributed by atoms with Crippen molar-refractivity contribution in [3.63, 3.8) is 0 Å². The molecule has 0 amide bonds. The van der Waals surface area contributed by atoms with E-state index in [2.05, 4.69) is 4.74 Å². The normalized spacial score (nSPS) is 10.4. The summed E-state index contributed by atoms with van der Waals surface area (Å²) < 4.78 is 43.7. The van der Waals surface area contributed by atoms with Crippen molar-refractivity contribution < 1.29 is 32.9 Å². The molecule has 0 fully saturated rings. The molecule has 0 aliphatic carbocycles.